The normalized spacial score (nSPS) is 16.9. The molecule has 4 rings (SSSR count). The molecule has 138 valence electrons. The Bertz CT molecular complexity index is 925. The van der Waals surface area contributed by atoms with Gasteiger partial charge < -0.3 is 14.8 Å². The number of piperidine rings is 1. The van der Waals surface area contributed by atoms with E-state index in [4.69, 9.17) is 0 Å². The molecule has 1 amide bonds. The van der Waals surface area contributed by atoms with Gasteiger partial charge in [0.1, 0.15) is 12.1 Å². The van der Waals surface area contributed by atoms with E-state index in [1.54, 1.807) is 24.9 Å². The number of hydrogen-bond acceptors (Lipinski definition) is 6. The highest BCUT2D eigenvalue weighted by Gasteiger charge is 2.26. The molecule has 0 bridgehead atoms. The lowest BCUT2D eigenvalue weighted by atomic mass is 9.97. The van der Waals surface area contributed by atoms with Crippen LogP contribution in [0.4, 0.5) is 11.5 Å². The largest absolute Gasteiger partial charge is 0.355 e. The van der Waals surface area contributed by atoms with Crippen molar-refractivity contribution in [3.8, 4) is 11.4 Å². The number of hydrogen-bond donors (Lipinski definition) is 1. The molecule has 8 nitrogen and oxygen atoms in total. The minimum Gasteiger partial charge on any atom is -0.355 e. The molecule has 1 N–H and O–H groups in total. The predicted molar refractivity (Wildman–Crippen MR) is 102 cm³/mol. The molecule has 1 fully saturated rings. The summed E-state index contributed by atoms with van der Waals surface area (Å²) in [4.78, 5) is 23.4. The third-order valence-corrected chi connectivity index (χ3v) is 4.77. The van der Waals surface area contributed by atoms with Gasteiger partial charge in [-0.3, -0.25) is 9.78 Å². The van der Waals surface area contributed by atoms with E-state index in [1.165, 1.54) is 0 Å². The maximum atomic E-state index is 12.8. The van der Waals surface area contributed by atoms with Gasteiger partial charge in [0.05, 0.1) is 12.1 Å². The van der Waals surface area contributed by atoms with Crippen LogP contribution >= 0.6 is 0 Å². The van der Waals surface area contributed by atoms with Crippen molar-refractivity contribution in [1.82, 2.24) is 24.7 Å². The number of rotatable bonds is 4. The zero-order chi connectivity index (χ0) is 18.6. The van der Waals surface area contributed by atoms with Crippen molar-refractivity contribution in [2.24, 2.45) is 13.0 Å². The average molecular weight is 363 g/mol. The number of benzene rings is 1. The molecule has 1 aromatic carbocycles. The van der Waals surface area contributed by atoms with E-state index in [9.17, 15) is 4.79 Å². The van der Waals surface area contributed by atoms with Gasteiger partial charge in [-0.15, -0.1) is 10.2 Å². The first kappa shape index (κ1) is 17.1. The second-order valence-electron chi connectivity index (χ2n) is 6.68. The van der Waals surface area contributed by atoms with Crippen LogP contribution in [0, 0.1) is 5.92 Å². The Hall–Kier alpha value is -3.29. The van der Waals surface area contributed by atoms with Crippen LogP contribution in [0.1, 0.15) is 12.8 Å². The van der Waals surface area contributed by atoms with E-state index in [0.29, 0.717) is 6.54 Å². The fourth-order valence-corrected chi connectivity index (χ4v) is 3.38. The molecule has 1 aliphatic rings. The van der Waals surface area contributed by atoms with Crippen molar-refractivity contribution in [2.75, 3.05) is 23.3 Å². The molecule has 1 aliphatic heterocycles. The number of aromatic nitrogens is 5. The summed E-state index contributed by atoms with van der Waals surface area (Å²) in [6.45, 7) is 1.54. The lowest BCUT2D eigenvalue weighted by Crippen LogP contribution is -2.41. The van der Waals surface area contributed by atoms with Gasteiger partial charge in [-0.05, 0) is 25.0 Å². The molecule has 2 aromatic heterocycles. The van der Waals surface area contributed by atoms with Crippen LogP contribution in [0.25, 0.3) is 11.4 Å². The molecule has 3 aromatic rings. The summed E-state index contributed by atoms with van der Waals surface area (Å²) >= 11 is 0. The molecule has 27 heavy (non-hydrogen) atoms. The summed E-state index contributed by atoms with van der Waals surface area (Å²) < 4.78 is 1.85. The van der Waals surface area contributed by atoms with Crippen molar-refractivity contribution in [3.63, 3.8) is 0 Å². The van der Waals surface area contributed by atoms with Crippen LogP contribution in [0.3, 0.4) is 0 Å². The van der Waals surface area contributed by atoms with E-state index < -0.39 is 0 Å². The number of amides is 1. The molecular formula is C19H21N7O. The maximum Gasteiger partial charge on any atom is 0.229 e. The summed E-state index contributed by atoms with van der Waals surface area (Å²) in [5.41, 5.74) is 1.68. The van der Waals surface area contributed by atoms with Crippen LogP contribution in [0.15, 0.2) is 49.2 Å². The summed E-state index contributed by atoms with van der Waals surface area (Å²) in [5, 5.41) is 11.1. The summed E-state index contributed by atoms with van der Waals surface area (Å²) in [6.07, 6.45) is 8.55. The van der Waals surface area contributed by atoms with E-state index in [0.717, 1.165) is 42.3 Å². The monoisotopic (exact) mass is 363 g/mol. The molecule has 3 heterocycles. The Balaban J connectivity index is 1.45. The third-order valence-electron chi connectivity index (χ3n) is 4.77. The summed E-state index contributed by atoms with van der Waals surface area (Å²) in [5.74, 6) is 1.52. The van der Waals surface area contributed by atoms with Crippen molar-refractivity contribution < 1.29 is 4.79 Å². The Kier molecular flexibility index (Phi) is 4.78. The first-order valence-electron chi connectivity index (χ1n) is 8.97. The van der Waals surface area contributed by atoms with Gasteiger partial charge in [-0.2, -0.15) is 0 Å². The fourth-order valence-electron chi connectivity index (χ4n) is 3.38. The highest BCUT2D eigenvalue weighted by Crippen LogP contribution is 2.24. The van der Waals surface area contributed by atoms with Gasteiger partial charge in [0.25, 0.3) is 0 Å². The van der Waals surface area contributed by atoms with E-state index in [2.05, 4.69) is 30.4 Å². The van der Waals surface area contributed by atoms with Crippen molar-refractivity contribution in [2.45, 2.75) is 12.8 Å². The Morgan fingerprint density at radius 1 is 1.30 bits per heavy atom. The molecule has 1 atom stereocenters. The Morgan fingerprint density at radius 3 is 3.00 bits per heavy atom. The number of carbonyl (C=O) groups is 1. The smallest absolute Gasteiger partial charge is 0.229 e. The van der Waals surface area contributed by atoms with Gasteiger partial charge in [-0.25, -0.2) is 4.98 Å². The van der Waals surface area contributed by atoms with Gasteiger partial charge >= 0.3 is 0 Å². The Morgan fingerprint density at radius 2 is 2.22 bits per heavy atom. The molecule has 1 saturated heterocycles. The maximum absolute atomic E-state index is 12.8. The van der Waals surface area contributed by atoms with E-state index >= 15 is 0 Å². The molecule has 0 spiro atoms. The minimum atomic E-state index is -0.0840. The lowest BCUT2D eigenvalue weighted by molar-refractivity contribution is -0.120. The topological polar surface area (TPSA) is 88.8 Å². The highest BCUT2D eigenvalue weighted by atomic mass is 16.1. The molecular weight excluding hydrogens is 342 g/mol. The molecule has 0 saturated carbocycles. The first-order valence-corrected chi connectivity index (χ1v) is 8.97. The molecule has 0 radical (unpaired) electrons. The first-order chi connectivity index (χ1) is 13.2. The summed E-state index contributed by atoms with van der Waals surface area (Å²) in [6, 6.07) is 7.68. The quantitative estimate of drug-likeness (QED) is 0.764. The highest BCUT2D eigenvalue weighted by molar-refractivity contribution is 5.93. The number of anilines is 2. The second kappa shape index (κ2) is 7.53. The van der Waals surface area contributed by atoms with Crippen LogP contribution in [0.2, 0.25) is 0 Å². The van der Waals surface area contributed by atoms with E-state index in [1.807, 2.05) is 35.9 Å². The van der Waals surface area contributed by atoms with Gasteiger partial charge in [0.15, 0.2) is 5.82 Å². The minimum absolute atomic E-state index is 0.0266. The van der Waals surface area contributed by atoms with Crippen LogP contribution < -0.4 is 10.2 Å². The van der Waals surface area contributed by atoms with Gasteiger partial charge in [0, 0.05) is 43.8 Å². The van der Waals surface area contributed by atoms with Crippen LogP contribution in [0.5, 0.6) is 0 Å². The number of aryl methyl sites for hydroxylation is 1. The Labute approximate surface area is 157 Å². The molecule has 8 heteroatoms. The summed E-state index contributed by atoms with van der Waals surface area (Å²) in [7, 11) is 1.89. The SMILES string of the molecule is Cn1cnnc1-c1cccc(NC(=O)C2CCCN(c3cnccn3)C2)c1. The fraction of sp³-hybridized carbons (Fsp3) is 0.316. The number of nitrogens with zero attached hydrogens (tertiary/aromatic N) is 6. The van der Waals surface area contributed by atoms with E-state index in [-0.39, 0.29) is 11.8 Å². The number of nitrogens with one attached hydrogen (secondary N) is 1. The van der Waals surface area contributed by atoms with Crippen molar-refractivity contribution in [3.05, 3.63) is 49.2 Å². The predicted octanol–water partition coefficient (Wildman–Crippen LogP) is 2.13. The zero-order valence-electron chi connectivity index (χ0n) is 15.1. The van der Waals surface area contributed by atoms with Crippen LogP contribution in [-0.2, 0) is 11.8 Å². The standard InChI is InChI=1S/C19H21N7O/c1-25-13-22-24-18(25)14-4-2-6-16(10-14)23-19(27)15-5-3-9-26(12-15)17-11-20-7-8-21-17/h2,4,6-8,10-11,13,15H,3,5,9,12H2,1H3,(H,23,27). The third kappa shape index (κ3) is 3.79. The molecule has 1 unspecified atom stereocenters. The van der Waals surface area contributed by atoms with Gasteiger partial charge in [-0.1, -0.05) is 12.1 Å². The van der Waals surface area contributed by atoms with Crippen LogP contribution in [-0.4, -0.2) is 43.7 Å². The van der Waals surface area contributed by atoms with Crippen molar-refractivity contribution in [1.29, 1.82) is 0 Å². The van der Waals surface area contributed by atoms with Gasteiger partial charge in [0.2, 0.25) is 5.91 Å². The number of carbonyl (C=O) groups excluding carboxylic acids is 1. The second-order valence-corrected chi connectivity index (χ2v) is 6.68. The average Bonchev–Trinajstić information content (AvgIpc) is 3.15. The lowest BCUT2D eigenvalue weighted by Gasteiger charge is -2.32. The molecule has 0 aliphatic carbocycles. The van der Waals surface area contributed by atoms with Crippen molar-refractivity contribution >= 4 is 17.4 Å². The zero-order valence-corrected chi connectivity index (χ0v) is 15.1.